The summed E-state index contributed by atoms with van der Waals surface area (Å²) >= 11 is 0. The van der Waals surface area contributed by atoms with E-state index in [1.54, 1.807) is 0 Å². The Morgan fingerprint density at radius 1 is 1.19 bits per heavy atom. The first-order valence-electron chi connectivity index (χ1n) is 6.64. The van der Waals surface area contributed by atoms with Crippen molar-refractivity contribution >= 4 is 0 Å². The number of hydrogen-bond donors (Lipinski definition) is 1. The molecule has 0 unspecified atom stereocenters. The molecule has 0 radical (unpaired) electrons. The van der Waals surface area contributed by atoms with Gasteiger partial charge in [0.05, 0.1) is 0 Å². The number of nitrogens with one attached hydrogen (secondary N) is 1. The molecule has 1 aromatic carbocycles. The second kappa shape index (κ2) is 5.49. The summed E-state index contributed by atoms with van der Waals surface area (Å²) in [6, 6.07) is 10.3. The van der Waals surface area contributed by atoms with Crippen LogP contribution in [0.25, 0.3) is 0 Å². The van der Waals surface area contributed by atoms with Crippen molar-refractivity contribution in [1.82, 2.24) is 5.32 Å². The van der Waals surface area contributed by atoms with Gasteiger partial charge in [-0.1, -0.05) is 44.0 Å². The fourth-order valence-electron chi connectivity index (χ4n) is 2.58. The average Bonchev–Trinajstić information content (AvgIpc) is 2.82. The minimum Gasteiger partial charge on any atom is -0.307 e. The molecule has 1 aliphatic carbocycles. The molecule has 0 saturated heterocycles. The highest BCUT2D eigenvalue weighted by atomic mass is 14.9. The summed E-state index contributed by atoms with van der Waals surface area (Å²) in [5, 5.41) is 3.73. The molecule has 0 aromatic heterocycles. The SMILES string of the molecule is CCc1ccc([C@@H](C)NC2CCCC2)cc1. The Balaban J connectivity index is 1.94. The summed E-state index contributed by atoms with van der Waals surface area (Å²) in [6.45, 7) is 4.48. The Kier molecular flexibility index (Phi) is 4.00. The molecule has 0 heterocycles. The molecule has 0 spiro atoms. The maximum atomic E-state index is 3.73. The van der Waals surface area contributed by atoms with Crippen LogP contribution in [0.1, 0.15) is 56.7 Å². The van der Waals surface area contributed by atoms with E-state index in [0.717, 1.165) is 12.5 Å². The van der Waals surface area contributed by atoms with Crippen molar-refractivity contribution in [3.8, 4) is 0 Å². The van der Waals surface area contributed by atoms with Crippen molar-refractivity contribution in [3.05, 3.63) is 35.4 Å². The molecule has 0 aliphatic heterocycles. The smallest absolute Gasteiger partial charge is 0.0294 e. The normalized spacial score (nSPS) is 18.9. The topological polar surface area (TPSA) is 12.0 Å². The second-order valence-electron chi connectivity index (χ2n) is 4.96. The fraction of sp³-hybridized carbons (Fsp3) is 0.600. The zero-order valence-corrected chi connectivity index (χ0v) is 10.5. The van der Waals surface area contributed by atoms with Crippen LogP contribution in [-0.2, 0) is 6.42 Å². The summed E-state index contributed by atoms with van der Waals surface area (Å²) in [5.41, 5.74) is 2.85. The molecule has 1 aliphatic rings. The first-order valence-corrected chi connectivity index (χ1v) is 6.64. The molecule has 0 bridgehead atoms. The van der Waals surface area contributed by atoms with Gasteiger partial charge in [-0.3, -0.25) is 0 Å². The van der Waals surface area contributed by atoms with Gasteiger partial charge in [0.25, 0.3) is 0 Å². The molecule has 0 amide bonds. The number of aryl methyl sites for hydroxylation is 1. The van der Waals surface area contributed by atoms with Gasteiger partial charge in [0.2, 0.25) is 0 Å². The Hall–Kier alpha value is -0.820. The third-order valence-corrected chi connectivity index (χ3v) is 3.73. The lowest BCUT2D eigenvalue weighted by atomic mass is 10.0. The molecule has 1 fully saturated rings. The van der Waals surface area contributed by atoms with Crippen LogP contribution in [0.3, 0.4) is 0 Å². The van der Waals surface area contributed by atoms with E-state index in [2.05, 4.69) is 43.4 Å². The summed E-state index contributed by atoms with van der Waals surface area (Å²) in [6.07, 6.45) is 6.65. The predicted octanol–water partition coefficient (Wildman–Crippen LogP) is 3.84. The van der Waals surface area contributed by atoms with Crippen LogP contribution in [0.4, 0.5) is 0 Å². The van der Waals surface area contributed by atoms with Crippen LogP contribution in [0, 0.1) is 0 Å². The van der Waals surface area contributed by atoms with Gasteiger partial charge >= 0.3 is 0 Å². The number of rotatable bonds is 4. The van der Waals surface area contributed by atoms with Gasteiger partial charge in [-0.25, -0.2) is 0 Å². The Labute approximate surface area is 99.3 Å². The highest BCUT2D eigenvalue weighted by Gasteiger charge is 2.17. The van der Waals surface area contributed by atoms with Crippen LogP contribution in [0.2, 0.25) is 0 Å². The average molecular weight is 217 g/mol. The van der Waals surface area contributed by atoms with E-state index >= 15 is 0 Å². The minimum absolute atomic E-state index is 0.494. The van der Waals surface area contributed by atoms with Crippen LogP contribution in [-0.4, -0.2) is 6.04 Å². The molecule has 1 heteroatoms. The summed E-state index contributed by atoms with van der Waals surface area (Å²) in [7, 11) is 0. The van der Waals surface area contributed by atoms with Crippen LogP contribution >= 0.6 is 0 Å². The lowest BCUT2D eigenvalue weighted by Gasteiger charge is -2.19. The molecular formula is C15H23N. The largest absolute Gasteiger partial charge is 0.307 e. The lowest BCUT2D eigenvalue weighted by Crippen LogP contribution is -2.28. The first kappa shape index (κ1) is 11.7. The zero-order chi connectivity index (χ0) is 11.4. The van der Waals surface area contributed by atoms with Crippen molar-refractivity contribution in [2.75, 3.05) is 0 Å². The summed E-state index contributed by atoms with van der Waals surface area (Å²) < 4.78 is 0. The van der Waals surface area contributed by atoms with Gasteiger partial charge < -0.3 is 5.32 Å². The van der Waals surface area contributed by atoms with Crippen molar-refractivity contribution in [3.63, 3.8) is 0 Å². The molecule has 1 atom stereocenters. The second-order valence-corrected chi connectivity index (χ2v) is 4.96. The van der Waals surface area contributed by atoms with Crippen molar-refractivity contribution < 1.29 is 0 Å². The van der Waals surface area contributed by atoms with Gasteiger partial charge in [0, 0.05) is 12.1 Å². The predicted molar refractivity (Wildman–Crippen MR) is 69.6 cm³/mol. The Morgan fingerprint density at radius 2 is 1.81 bits per heavy atom. The molecular weight excluding hydrogens is 194 g/mol. The third kappa shape index (κ3) is 2.85. The van der Waals surface area contributed by atoms with Crippen LogP contribution in [0.15, 0.2) is 24.3 Å². The van der Waals surface area contributed by atoms with Gasteiger partial charge in [-0.2, -0.15) is 0 Å². The molecule has 16 heavy (non-hydrogen) atoms. The third-order valence-electron chi connectivity index (χ3n) is 3.73. The molecule has 1 aromatic rings. The first-order chi connectivity index (χ1) is 7.79. The molecule has 1 nitrogen and oxygen atoms in total. The Morgan fingerprint density at radius 3 is 2.38 bits per heavy atom. The van der Waals surface area contributed by atoms with E-state index in [4.69, 9.17) is 0 Å². The van der Waals surface area contributed by atoms with E-state index in [0.29, 0.717) is 6.04 Å². The van der Waals surface area contributed by atoms with Crippen molar-refractivity contribution in [2.45, 2.75) is 58.0 Å². The molecule has 88 valence electrons. The van der Waals surface area contributed by atoms with Gasteiger partial charge in [0.1, 0.15) is 0 Å². The maximum absolute atomic E-state index is 3.73. The van der Waals surface area contributed by atoms with E-state index < -0.39 is 0 Å². The van der Waals surface area contributed by atoms with Gasteiger partial charge in [-0.05, 0) is 37.3 Å². The quantitative estimate of drug-likeness (QED) is 0.808. The minimum atomic E-state index is 0.494. The number of benzene rings is 1. The standard InChI is InChI=1S/C15H23N/c1-3-13-8-10-14(11-9-13)12(2)16-15-6-4-5-7-15/h8-12,15-16H,3-7H2,1-2H3/t12-/m1/s1. The van der Waals surface area contributed by atoms with Crippen LogP contribution < -0.4 is 5.32 Å². The molecule has 1 saturated carbocycles. The maximum Gasteiger partial charge on any atom is 0.0294 e. The van der Waals surface area contributed by atoms with Crippen molar-refractivity contribution in [2.24, 2.45) is 0 Å². The highest BCUT2D eigenvalue weighted by Crippen LogP contribution is 2.22. The zero-order valence-electron chi connectivity index (χ0n) is 10.5. The van der Waals surface area contributed by atoms with E-state index in [1.807, 2.05) is 0 Å². The van der Waals surface area contributed by atoms with Crippen LogP contribution in [0.5, 0.6) is 0 Å². The van der Waals surface area contributed by atoms with Gasteiger partial charge in [0.15, 0.2) is 0 Å². The molecule has 1 N–H and O–H groups in total. The van der Waals surface area contributed by atoms with E-state index in [-0.39, 0.29) is 0 Å². The lowest BCUT2D eigenvalue weighted by molar-refractivity contribution is 0.461. The highest BCUT2D eigenvalue weighted by molar-refractivity contribution is 5.24. The molecule has 2 rings (SSSR count). The Bertz CT molecular complexity index is 309. The monoisotopic (exact) mass is 217 g/mol. The fourth-order valence-corrected chi connectivity index (χ4v) is 2.58. The summed E-state index contributed by atoms with van der Waals surface area (Å²) in [5.74, 6) is 0. The van der Waals surface area contributed by atoms with E-state index in [1.165, 1.54) is 36.8 Å². The van der Waals surface area contributed by atoms with E-state index in [9.17, 15) is 0 Å². The number of hydrogen-bond acceptors (Lipinski definition) is 1. The summed E-state index contributed by atoms with van der Waals surface area (Å²) in [4.78, 5) is 0. The van der Waals surface area contributed by atoms with Crippen molar-refractivity contribution in [1.29, 1.82) is 0 Å². The van der Waals surface area contributed by atoms with Gasteiger partial charge in [-0.15, -0.1) is 0 Å².